The molecule has 2 aromatic heterocycles. The van der Waals surface area contributed by atoms with Gasteiger partial charge >= 0.3 is 0 Å². The van der Waals surface area contributed by atoms with Gasteiger partial charge in [0.25, 0.3) is 0 Å². The fraction of sp³-hybridized carbons (Fsp3) is 0.130. The molecule has 0 aliphatic rings. The Kier molecular flexibility index (Phi) is 4.65. The normalized spacial score (nSPS) is 11.0. The predicted molar refractivity (Wildman–Crippen MR) is 109 cm³/mol. The number of carbonyl (C=O) groups excluding carboxylic acids is 1. The van der Waals surface area contributed by atoms with Gasteiger partial charge < -0.3 is 5.32 Å². The van der Waals surface area contributed by atoms with Crippen molar-refractivity contribution >= 4 is 17.4 Å². The van der Waals surface area contributed by atoms with Crippen LogP contribution in [0.3, 0.4) is 0 Å². The average Bonchev–Trinajstić information content (AvgIpc) is 3.01. The summed E-state index contributed by atoms with van der Waals surface area (Å²) >= 11 is 0. The smallest absolute Gasteiger partial charge is 0.229 e. The van der Waals surface area contributed by atoms with Crippen LogP contribution in [0.1, 0.15) is 16.7 Å². The van der Waals surface area contributed by atoms with Gasteiger partial charge in [-0.15, -0.1) is 0 Å². The molecular formula is C23H20FN3O. The van der Waals surface area contributed by atoms with Crippen molar-refractivity contribution in [1.29, 1.82) is 0 Å². The number of amides is 1. The van der Waals surface area contributed by atoms with Gasteiger partial charge in [0, 0.05) is 11.8 Å². The molecule has 0 saturated heterocycles. The highest BCUT2D eigenvalue weighted by Crippen LogP contribution is 2.31. The SMILES string of the molecule is Cc1ccc2nc(-c3ccccc3C)c(NC(=O)Cc3ccc(F)cc3)n2c1. The zero-order valence-electron chi connectivity index (χ0n) is 15.7. The summed E-state index contributed by atoms with van der Waals surface area (Å²) in [5, 5.41) is 3.02. The number of hydrogen-bond acceptors (Lipinski definition) is 2. The maximum atomic E-state index is 13.1. The molecule has 0 bridgehead atoms. The van der Waals surface area contributed by atoms with Crippen LogP contribution in [-0.4, -0.2) is 15.3 Å². The zero-order chi connectivity index (χ0) is 19.7. The van der Waals surface area contributed by atoms with E-state index in [0.717, 1.165) is 33.6 Å². The third-order valence-electron chi connectivity index (χ3n) is 4.70. The lowest BCUT2D eigenvalue weighted by atomic mass is 10.1. The molecule has 2 heterocycles. The Morgan fingerprint density at radius 1 is 1.04 bits per heavy atom. The number of imidazole rings is 1. The Bertz CT molecular complexity index is 1160. The zero-order valence-corrected chi connectivity index (χ0v) is 15.7. The lowest BCUT2D eigenvalue weighted by molar-refractivity contribution is -0.115. The van der Waals surface area contributed by atoms with E-state index in [9.17, 15) is 9.18 Å². The fourth-order valence-electron chi connectivity index (χ4n) is 3.26. The van der Waals surface area contributed by atoms with Gasteiger partial charge in [-0.25, -0.2) is 9.37 Å². The number of hydrogen-bond donors (Lipinski definition) is 1. The van der Waals surface area contributed by atoms with Gasteiger partial charge in [-0.3, -0.25) is 9.20 Å². The van der Waals surface area contributed by atoms with Crippen molar-refractivity contribution in [3.8, 4) is 11.3 Å². The number of rotatable bonds is 4. The van der Waals surface area contributed by atoms with Crippen molar-refractivity contribution in [3.05, 3.63) is 89.4 Å². The summed E-state index contributed by atoms with van der Waals surface area (Å²) in [6.07, 6.45) is 2.12. The Morgan fingerprint density at radius 3 is 2.54 bits per heavy atom. The Morgan fingerprint density at radius 2 is 1.79 bits per heavy atom. The van der Waals surface area contributed by atoms with Crippen LogP contribution in [0, 0.1) is 19.7 Å². The average molecular weight is 373 g/mol. The first kappa shape index (κ1) is 17.9. The number of carbonyl (C=O) groups is 1. The van der Waals surface area contributed by atoms with Crippen LogP contribution in [0.25, 0.3) is 16.9 Å². The molecule has 0 aliphatic heterocycles. The van der Waals surface area contributed by atoms with Crippen LogP contribution >= 0.6 is 0 Å². The number of nitrogens with zero attached hydrogens (tertiary/aromatic N) is 2. The Labute approximate surface area is 162 Å². The summed E-state index contributed by atoms with van der Waals surface area (Å²) in [4.78, 5) is 17.5. The van der Waals surface area contributed by atoms with Gasteiger partial charge in [0.2, 0.25) is 5.91 Å². The summed E-state index contributed by atoms with van der Waals surface area (Å²) in [5.41, 5.74) is 5.37. The second-order valence-electron chi connectivity index (χ2n) is 6.91. The van der Waals surface area contributed by atoms with Gasteiger partial charge in [0.15, 0.2) is 0 Å². The molecule has 0 unspecified atom stereocenters. The molecule has 0 aliphatic carbocycles. The molecule has 0 saturated carbocycles. The van der Waals surface area contributed by atoms with Gasteiger partial charge in [0.1, 0.15) is 23.0 Å². The van der Waals surface area contributed by atoms with Crippen LogP contribution in [0.2, 0.25) is 0 Å². The predicted octanol–water partition coefficient (Wildman–Crippen LogP) is 4.94. The Hall–Kier alpha value is -3.47. The van der Waals surface area contributed by atoms with Gasteiger partial charge in [-0.1, -0.05) is 42.5 Å². The second-order valence-corrected chi connectivity index (χ2v) is 6.91. The van der Waals surface area contributed by atoms with Crippen molar-refractivity contribution in [1.82, 2.24) is 9.38 Å². The molecular weight excluding hydrogens is 353 g/mol. The third-order valence-corrected chi connectivity index (χ3v) is 4.70. The molecule has 4 aromatic rings. The first-order valence-corrected chi connectivity index (χ1v) is 9.10. The molecule has 4 nitrogen and oxygen atoms in total. The van der Waals surface area contributed by atoms with Crippen LogP contribution in [0.5, 0.6) is 0 Å². The number of aryl methyl sites for hydroxylation is 2. The molecule has 1 amide bonds. The van der Waals surface area contributed by atoms with Crippen molar-refractivity contribution < 1.29 is 9.18 Å². The van der Waals surface area contributed by atoms with Crippen LogP contribution in [0.4, 0.5) is 10.2 Å². The lowest BCUT2D eigenvalue weighted by Crippen LogP contribution is -2.16. The number of anilines is 1. The van der Waals surface area contributed by atoms with Gasteiger partial charge in [-0.2, -0.15) is 0 Å². The number of nitrogens with one attached hydrogen (secondary N) is 1. The van der Waals surface area contributed by atoms with Gasteiger partial charge in [-0.05, 0) is 48.7 Å². The highest BCUT2D eigenvalue weighted by molar-refractivity contribution is 5.96. The topological polar surface area (TPSA) is 46.4 Å². The fourth-order valence-corrected chi connectivity index (χ4v) is 3.26. The highest BCUT2D eigenvalue weighted by Gasteiger charge is 2.18. The lowest BCUT2D eigenvalue weighted by Gasteiger charge is -2.10. The van der Waals surface area contributed by atoms with E-state index < -0.39 is 0 Å². The van der Waals surface area contributed by atoms with E-state index in [1.807, 2.05) is 60.8 Å². The standard InChI is InChI=1S/C23H20FN3O/c1-15-7-12-20-25-22(19-6-4-3-5-16(19)2)23(27(20)14-15)26-21(28)13-17-8-10-18(24)11-9-17/h3-12,14H,13H2,1-2H3,(H,26,28). The quantitative estimate of drug-likeness (QED) is 0.551. The van der Waals surface area contributed by atoms with Crippen molar-refractivity contribution in [2.45, 2.75) is 20.3 Å². The summed E-state index contributed by atoms with van der Waals surface area (Å²) in [6, 6.07) is 17.9. The highest BCUT2D eigenvalue weighted by atomic mass is 19.1. The molecule has 0 atom stereocenters. The number of aromatic nitrogens is 2. The molecule has 0 fully saturated rings. The molecule has 4 rings (SSSR count). The number of pyridine rings is 1. The second kappa shape index (κ2) is 7.27. The largest absolute Gasteiger partial charge is 0.310 e. The minimum atomic E-state index is -0.316. The molecule has 5 heteroatoms. The van der Waals surface area contributed by atoms with E-state index in [-0.39, 0.29) is 18.1 Å². The maximum Gasteiger partial charge on any atom is 0.229 e. The van der Waals surface area contributed by atoms with E-state index >= 15 is 0 Å². The molecule has 2 aromatic carbocycles. The van der Waals surface area contributed by atoms with E-state index in [4.69, 9.17) is 4.98 Å². The van der Waals surface area contributed by atoms with E-state index in [2.05, 4.69) is 5.32 Å². The van der Waals surface area contributed by atoms with E-state index in [0.29, 0.717) is 5.82 Å². The Balaban J connectivity index is 1.75. The van der Waals surface area contributed by atoms with Crippen molar-refractivity contribution in [2.75, 3.05) is 5.32 Å². The molecule has 1 N–H and O–H groups in total. The molecule has 0 spiro atoms. The van der Waals surface area contributed by atoms with Crippen LogP contribution < -0.4 is 5.32 Å². The molecule has 28 heavy (non-hydrogen) atoms. The van der Waals surface area contributed by atoms with Gasteiger partial charge in [0.05, 0.1) is 6.42 Å². The molecule has 140 valence electrons. The summed E-state index contributed by atoms with van der Waals surface area (Å²) in [6.45, 7) is 4.02. The molecule has 0 radical (unpaired) electrons. The monoisotopic (exact) mass is 373 g/mol. The van der Waals surface area contributed by atoms with Crippen LogP contribution in [0.15, 0.2) is 66.9 Å². The van der Waals surface area contributed by atoms with E-state index in [1.54, 1.807) is 12.1 Å². The van der Waals surface area contributed by atoms with Crippen LogP contribution in [-0.2, 0) is 11.2 Å². The van der Waals surface area contributed by atoms with Crippen molar-refractivity contribution in [3.63, 3.8) is 0 Å². The minimum absolute atomic E-state index is 0.159. The first-order valence-electron chi connectivity index (χ1n) is 9.10. The maximum absolute atomic E-state index is 13.1. The van der Waals surface area contributed by atoms with Crippen molar-refractivity contribution in [2.24, 2.45) is 0 Å². The first-order chi connectivity index (χ1) is 13.5. The number of halogens is 1. The summed E-state index contributed by atoms with van der Waals surface area (Å²) in [7, 11) is 0. The van der Waals surface area contributed by atoms with E-state index in [1.165, 1.54) is 12.1 Å². The summed E-state index contributed by atoms with van der Waals surface area (Å²) in [5.74, 6) is 0.146. The summed E-state index contributed by atoms with van der Waals surface area (Å²) < 4.78 is 15.0. The third kappa shape index (κ3) is 3.51. The number of benzene rings is 2. The minimum Gasteiger partial charge on any atom is -0.310 e. The number of fused-ring (bicyclic) bond motifs is 1.